The highest BCUT2D eigenvalue weighted by molar-refractivity contribution is 8.00. The zero-order chi connectivity index (χ0) is 32.7. The van der Waals surface area contributed by atoms with Gasteiger partial charge in [0, 0.05) is 10.1 Å². The minimum Gasteiger partial charge on any atom is -0.444 e. The number of carbonyl (C=O) groups is 2. The van der Waals surface area contributed by atoms with Gasteiger partial charge < -0.3 is 14.9 Å². The van der Waals surface area contributed by atoms with E-state index in [1.165, 1.54) is 16.7 Å². The molecule has 3 rings (SSSR count). The van der Waals surface area contributed by atoms with E-state index < -0.39 is 39.8 Å². The van der Waals surface area contributed by atoms with E-state index in [1.54, 1.807) is 45.0 Å². The second-order valence-corrected chi connectivity index (χ2v) is 15.2. The van der Waals surface area contributed by atoms with Crippen molar-refractivity contribution in [3.63, 3.8) is 0 Å². The number of sulfonamides is 1. The second kappa shape index (κ2) is 15.1. The number of rotatable bonds is 12. The Bertz CT molecular complexity index is 1520. The summed E-state index contributed by atoms with van der Waals surface area (Å²) in [6.07, 6.45) is -0.342. The fraction of sp³-hybridized carbons (Fsp3) is 0.394. The normalized spacial score (nSPS) is 13.3. The van der Waals surface area contributed by atoms with Crippen molar-refractivity contribution >= 4 is 33.8 Å². The van der Waals surface area contributed by atoms with Gasteiger partial charge in [-0.3, -0.25) is 9.69 Å². The predicted octanol–water partition coefficient (Wildman–Crippen LogP) is 5.42. The Morgan fingerprint density at radius 3 is 2.14 bits per heavy atom. The van der Waals surface area contributed by atoms with Crippen LogP contribution in [0.5, 0.6) is 0 Å². The van der Waals surface area contributed by atoms with Crippen molar-refractivity contribution in [1.29, 1.82) is 0 Å². The predicted molar refractivity (Wildman–Crippen MR) is 174 cm³/mol. The Hall–Kier alpha value is -3.38. The standard InChI is InChI=1S/C33H42N2O7S2/c1-22(2)43-30-19-26(16-17-28(30)31(38)34-44(6,40)41)24-14-12-23(13-15-24)18-27(21-36)35(32(39)42-33(3,4)5)20-29(37)25-10-8-7-9-11-25/h7-17,19,22,27,29,36-37H,18,20-21H2,1-6H3,(H,34,38)/t27-,29-/m0/s1. The zero-order valence-electron chi connectivity index (χ0n) is 26.0. The summed E-state index contributed by atoms with van der Waals surface area (Å²) in [6.45, 7) is 8.87. The van der Waals surface area contributed by atoms with Crippen LogP contribution < -0.4 is 4.72 Å². The highest BCUT2D eigenvalue weighted by Crippen LogP contribution is 2.32. The SMILES string of the molecule is CC(C)Sc1cc(-c2ccc(C[C@@H](CO)N(C[C@H](O)c3ccccc3)C(=O)OC(C)(C)C)cc2)ccc1C(=O)NS(C)(=O)=O. The second-order valence-electron chi connectivity index (χ2n) is 11.9. The number of aliphatic hydroxyl groups excluding tert-OH is 2. The summed E-state index contributed by atoms with van der Waals surface area (Å²) in [5.41, 5.74) is 2.74. The molecule has 11 heteroatoms. The molecule has 0 spiro atoms. The number of nitrogens with zero attached hydrogens (tertiary/aromatic N) is 1. The minimum atomic E-state index is -3.71. The fourth-order valence-corrected chi connectivity index (χ4v) is 5.94. The fourth-order valence-electron chi connectivity index (χ4n) is 4.50. The largest absolute Gasteiger partial charge is 0.444 e. The van der Waals surface area contributed by atoms with Crippen LogP contribution in [-0.2, 0) is 21.2 Å². The van der Waals surface area contributed by atoms with Crippen molar-refractivity contribution < 1.29 is 33.0 Å². The Morgan fingerprint density at radius 1 is 0.977 bits per heavy atom. The molecule has 2 atom stereocenters. The van der Waals surface area contributed by atoms with E-state index in [0.717, 1.165) is 22.9 Å². The molecule has 0 aliphatic carbocycles. The molecule has 0 saturated heterocycles. The van der Waals surface area contributed by atoms with E-state index in [-0.39, 0.29) is 24.0 Å². The first-order chi connectivity index (χ1) is 20.6. The molecule has 9 nitrogen and oxygen atoms in total. The number of hydrogen-bond acceptors (Lipinski definition) is 8. The van der Waals surface area contributed by atoms with Gasteiger partial charge in [0.2, 0.25) is 10.0 Å². The number of thioether (sulfide) groups is 1. The highest BCUT2D eigenvalue weighted by atomic mass is 32.2. The Balaban J connectivity index is 1.86. The summed E-state index contributed by atoms with van der Waals surface area (Å²) in [5, 5.41) is 21.4. The number of aliphatic hydroxyl groups is 2. The number of carbonyl (C=O) groups excluding carboxylic acids is 2. The van der Waals surface area contributed by atoms with Crippen molar-refractivity contribution in [2.45, 2.75) is 68.9 Å². The molecular weight excluding hydrogens is 601 g/mol. The van der Waals surface area contributed by atoms with Crippen LogP contribution >= 0.6 is 11.8 Å². The van der Waals surface area contributed by atoms with Gasteiger partial charge in [0.1, 0.15) is 5.60 Å². The Morgan fingerprint density at radius 2 is 1.59 bits per heavy atom. The van der Waals surface area contributed by atoms with Crippen molar-refractivity contribution in [2.24, 2.45) is 0 Å². The first kappa shape index (κ1) is 35.1. The quantitative estimate of drug-likeness (QED) is 0.223. The molecular formula is C33H42N2O7S2. The average Bonchev–Trinajstić information content (AvgIpc) is 2.93. The molecule has 0 unspecified atom stereocenters. The molecule has 0 radical (unpaired) electrons. The highest BCUT2D eigenvalue weighted by Gasteiger charge is 2.30. The molecule has 238 valence electrons. The molecule has 44 heavy (non-hydrogen) atoms. The van der Waals surface area contributed by atoms with E-state index in [0.29, 0.717) is 16.9 Å². The van der Waals surface area contributed by atoms with Gasteiger partial charge in [0.05, 0.1) is 37.1 Å². The molecule has 0 bridgehead atoms. The maximum Gasteiger partial charge on any atom is 0.410 e. The number of ether oxygens (including phenoxy) is 1. The lowest BCUT2D eigenvalue weighted by molar-refractivity contribution is -0.00374. The minimum absolute atomic E-state index is 0.0577. The number of nitrogens with one attached hydrogen (secondary N) is 1. The molecule has 2 amide bonds. The van der Waals surface area contributed by atoms with Crippen LogP contribution in [0.15, 0.2) is 77.7 Å². The van der Waals surface area contributed by atoms with E-state index in [4.69, 9.17) is 4.74 Å². The first-order valence-corrected chi connectivity index (χ1v) is 17.1. The Labute approximate surface area is 264 Å². The van der Waals surface area contributed by atoms with Gasteiger partial charge >= 0.3 is 6.09 Å². The molecule has 0 saturated carbocycles. The van der Waals surface area contributed by atoms with Crippen molar-refractivity contribution in [3.05, 3.63) is 89.5 Å². The molecule has 0 fully saturated rings. The summed E-state index contributed by atoms with van der Waals surface area (Å²) in [7, 11) is -3.71. The molecule has 3 N–H and O–H groups in total. The van der Waals surface area contributed by atoms with E-state index in [9.17, 15) is 28.2 Å². The van der Waals surface area contributed by atoms with Crippen molar-refractivity contribution in [2.75, 3.05) is 19.4 Å². The molecule has 3 aromatic carbocycles. The van der Waals surface area contributed by atoms with Crippen LogP contribution in [0.2, 0.25) is 0 Å². The number of amides is 2. The number of hydrogen-bond donors (Lipinski definition) is 3. The molecule has 0 aliphatic heterocycles. The lowest BCUT2D eigenvalue weighted by Crippen LogP contribution is -2.48. The Kier molecular flexibility index (Phi) is 12.0. The summed E-state index contributed by atoms with van der Waals surface area (Å²) in [5.74, 6) is -0.681. The maximum atomic E-state index is 13.2. The molecule has 0 aromatic heterocycles. The average molecular weight is 643 g/mol. The van der Waals surface area contributed by atoms with E-state index >= 15 is 0 Å². The van der Waals surface area contributed by atoms with Gasteiger partial charge in [-0.2, -0.15) is 0 Å². The van der Waals surface area contributed by atoms with Crippen LogP contribution in [0.25, 0.3) is 11.1 Å². The van der Waals surface area contributed by atoms with Crippen LogP contribution in [0, 0.1) is 0 Å². The smallest absolute Gasteiger partial charge is 0.410 e. The van der Waals surface area contributed by atoms with Crippen LogP contribution in [-0.4, -0.2) is 71.8 Å². The van der Waals surface area contributed by atoms with Crippen LogP contribution in [0.1, 0.15) is 62.2 Å². The van der Waals surface area contributed by atoms with Gasteiger partial charge in [0.15, 0.2) is 0 Å². The van der Waals surface area contributed by atoms with Crippen molar-refractivity contribution in [1.82, 2.24) is 9.62 Å². The molecule has 0 heterocycles. The maximum absolute atomic E-state index is 13.2. The third kappa shape index (κ3) is 10.7. The van der Waals surface area contributed by atoms with Gasteiger partial charge in [-0.05, 0) is 61.6 Å². The number of benzene rings is 3. The summed E-state index contributed by atoms with van der Waals surface area (Å²) < 4.78 is 30.9. The lowest BCUT2D eigenvalue weighted by atomic mass is 9.99. The zero-order valence-corrected chi connectivity index (χ0v) is 27.6. The molecule has 0 aliphatic rings. The monoisotopic (exact) mass is 642 g/mol. The van der Waals surface area contributed by atoms with Gasteiger partial charge in [-0.15, -0.1) is 11.8 Å². The summed E-state index contributed by atoms with van der Waals surface area (Å²) in [6, 6.07) is 21.2. The van der Waals surface area contributed by atoms with Gasteiger partial charge in [-0.25, -0.2) is 17.9 Å². The summed E-state index contributed by atoms with van der Waals surface area (Å²) >= 11 is 1.46. The van der Waals surface area contributed by atoms with Gasteiger partial charge in [0.25, 0.3) is 5.91 Å². The lowest BCUT2D eigenvalue weighted by Gasteiger charge is -2.34. The topological polar surface area (TPSA) is 133 Å². The van der Waals surface area contributed by atoms with Crippen molar-refractivity contribution in [3.8, 4) is 11.1 Å². The van der Waals surface area contributed by atoms with Crippen LogP contribution in [0.4, 0.5) is 4.79 Å². The van der Waals surface area contributed by atoms with E-state index in [2.05, 4.69) is 0 Å². The first-order valence-electron chi connectivity index (χ1n) is 14.3. The van der Waals surface area contributed by atoms with Crippen LogP contribution in [0.3, 0.4) is 0 Å². The van der Waals surface area contributed by atoms with E-state index in [1.807, 2.05) is 67.1 Å². The third-order valence-corrected chi connectivity index (χ3v) is 8.08. The van der Waals surface area contributed by atoms with Gasteiger partial charge in [-0.1, -0.05) is 74.5 Å². The summed E-state index contributed by atoms with van der Waals surface area (Å²) in [4.78, 5) is 27.9. The third-order valence-electron chi connectivity index (χ3n) is 6.46. The molecule has 3 aromatic rings.